The Morgan fingerprint density at radius 2 is 2.58 bits per heavy atom. The maximum absolute atomic E-state index is 4.94. The van der Waals surface area contributed by atoms with Crippen LogP contribution in [0.3, 0.4) is 0 Å². The maximum Gasteiger partial charge on any atom is 0.133 e. The van der Waals surface area contributed by atoms with Crippen molar-refractivity contribution in [2.75, 3.05) is 13.1 Å². The fourth-order valence-electron chi connectivity index (χ4n) is 1.18. The molecule has 1 aliphatic heterocycles. The summed E-state index contributed by atoms with van der Waals surface area (Å²) in [6.07, 6.45) is 0. The average molecular weight is 167 g/mol. The van der Waals surface area contributed by atoms with Crippen LogP contribution in [0.5, 0.6) is 0 Å². The first kappa shape index (κ1) is 7.76. The Kier molecular flexibility index (Phi) is 2.10. The molecule has 0 aromatic carbocycles. The largest absolute Gasteiger partial charge is 0.361 e. The van der Waals surface area contributed by atoms with Gasteiger partial charge < -0.3 is 15.2 Å². The Balaban J connectivity index is 1.79. The Hall–Kier alpha value is -0.870. The number of nitrogens with one attached hydrogen (secondary N) is 2. The van der Waals surface area contributed by atoms with Crippen LogP contribution in [-0.2, 0) is 6.54 Å². The lowest BCUT2D eigenvalue weighted by Crippen LogP contribution is -2.55. The summed E-state index contributed by atoms with van der Waals surface area (Å²) in [6.45, 7) is 4.85. The van der Waals surface area contributed by atoms with Crippen LogP contribution in [0.25, 0.3) is 0 Å². The zero-order chi connectivity index (χ0) is 8.39. The standard InChI is InChI=1S/C8H13N3O/c1-6-2-7(11-12-6)5-10-8-3-9-4-8/h2,8-10H,3-5H2,1H3. The van der Waals surface area contributed by atoms with Crippen LogP contribution < -0.4 is 10.6 Å². The lowest BCUT2D eigenvalue weighted by Gasteiger charge is -2.27. The zero-order valence-electron chi connectivity index (χ0n) is 7.13. The summed E-state index contributed by atoms with van der Waals surface area (Å²) >= 11 is 0. The third kappa shape index (κ3) is 1.65. The van der Waals surface area contributed by atoms with Gasteiger partial charge in [-0.25, -0.2) is 0 Å². The van der Waals surface area contributed by atoms with Gasteiger partial charge in [-0.15, -0.1) is 0 Å². The lowest BCUT2D eigenvalue weighted by atomic mass is 10.2. The van der Waals surface area contributed by atoms with Crippen LogP contribution in [0.1, 0.15) is 11.5 Å². The van der Waals surface area contributed by atoms with Gasteiger partial charge in [0.05, 0.1) is 5.69 Å². The molecule has 12 heavy (non-hydrogen) atoms. The Morgan fingerprint density at radius 3 is 3.08 bits per heavy atom. The van der Waals surface area contributed by atoms with Gasteiger partial charge in [-0.1, -0.05) is 5.16 Å². The molecule has 1 aliphatic rings. The summed E-state index contributed by atoms with van der Waals surface area (Å²) in [5.74, 6) is 0.874. The van der Waals surface area contributed by atoms with Gasteiger partial charge >= 0.3 is 0 Å². The van der Waals surface area contributed by atoms with Gasteiger partial charge in [0.1, 0.15) is 5.76 Å². The van der Waals surface area contributed by atoms with E-state index >= 15 is 0 Å². The minimum Gasteiger partial charge on any atom is -0.361 e. The molecule has 0 radical (unpaired) electrons. The minimum absolute atomic E-state index is 0.613. The molecule has 0 unspecified atom stereocenters. The molecule has 1 fully saturated rings. The fraction of sp³-hybridized carbons (Fsp3) is 0.625. The molecule has 0 amide bonds. The molecule has 4 heteroatoms. The highest BCUT2D eigenvalue weighted by Gasteiger charge is 2.15. The molecule has 0 saturated carbocycles. The highest BCUT2D eigenvalue weighted by atomic mass is 16.5. The predicted molar refractivity (Wildman–Crippen MR) is 44.7 cm³/mol. The van der Waals surface area contributed by atoms with E-state index in [1.807, 2.05) is 13.0 Å². The smallest absolute Gasteiger partial charge is 0.133 e. The van der Waals surface area contributed by atoms with E-state index in [9.17, 15) is 0 Å². The molecule has 0 aliphatic carbocycles. The van der Waals surface area contributed by atoms with Crippen molar-refractivity contribution in [3.63, 3.8) is 0 Å². The van der Waals surface area contributed by atoms with E-state index in [1.165, 1.54) is 0 Å². The van der Waals surface area contributed by atoms with E-state index < -0.39 is 0 Å². The molecule has 1 aromatic heterocycles. The summed E-state index contributed by atoms with van der Waals surface area (Å²) in [4.78, 5) is 0. The summed E-state index contributed by atoms with van der Waals surface area (Å²) < 4.78 is 4.94. The van der Waals surface area contributed by atoms with Crippen molar-refractivity contribution in [1.29, 1.82) is 0 Å². The van der Waals surface area contributed by atoms with Crippen molar-refractivity contribution in [2.45, 2.75) is 19.5 Å². The second-order valence-electron chi connectivity index (χ2n) is 3.16. The molecule has 0 spiro atoms. The Morgan fingerprint density at radius 1 is 1.75 bits per heavy atom. The molecule has 1 saturated heterocycles. The molecular formula is C8H13N3O. The normalized spacial score (nSPS) is 17.8. The van der Waals surface area contributed by atoms with Crippen molar-refractivity contribution < 1.29 is 4.52 Å². The number of hydrogen-bond donors (Lipinski definition) is 2. The van der Waals surface area contributed by atoms with Gasteiger partial charge in [0.15, 0.2) is 0 Å². The minimum atomic E-state index is 0.613. The monoisotopic (exact) mass is 167 g/mol. The van der Waals surface area contributed by atoms with Crippen LogP contribution >= 0.6 is 0 Å². The molecule has 2 N–H and O–H groups in total. The van der Waals surface area contributed by atoms with Crippen molar-refractivity contribution in [3.05, 3.63) is 17.5 Å². The van der Waals surface area contributed by atoms with Gasteiger partial charge in [0, 0.05) is 31.7 Å². The number of aromatic nitrogens is 1. The van der Waals surface area contributed by atoms with E-state index in [0.29, 0.717) is 6.04 Å². The van der Waals surface area contributed by atoms with E-state index in [0.717, 1.165) is 31.1 Å². The van der Waals surface area contributed by atoms with E-state index in [4.69, 9.17) is 4.52 Å². The van der Waals surface area contributed by atoms with Crippen molar-refractivity contribution in [2.24, 2.45) is 0 Å². The van der Waals surface area contributed by atoms with Gasteiger partial charge in [-0.3, -0.25) is 0 Å². The summed E-state index contributed by atoms with van der Waals surface area (Å²) in [5.41, 5.74) is 0.986. The number of hydrogen-bond acceptors (Lipinski definition) is 4. The quantitative estimate of drug-likeness (QED) is 0.667. The number of aryl methyl sites for hydroxylation is 1. The zero-order valence-corrected chi connectivity index (χ0v) is 7.13. The van der Waals surface area contributed by atoms with Crippen LogP contribution in [0.4, 0.5) is 0 Å². The van der Waals surface area contributed by atoms with E-state index in [1.54, 1.807) is 0 Å². The third-order valence-electron chi connectivity index (χ3n) is 2.03. The second kappa shape index (κ2) is 3.25. The van der Waals surface area contributed by atoms with Crippen LogP contribution in [0.2, 0.25) is 0 Å². The SMILES string of the molecule is Cc1cc(CNC2CNC2)no1. The highest BCUT2D eigenvalue weighted by molar-refractivity contribution is 5.03. The number of rotatable bonds is 3. The Bertz CT molecular complexity index is 255. The molecule has 2 rings (SSSR count). The lowest BCUT2D eigenvalue weighted by molar-refractivity contribution is 0.352. The third-order valence-corrected chi connectivity index (χ3v) is 2.03. The van der Waals surface area contributed by atoms with Crippen molar-refractivity contribution in [1.82, 2.24) is 15.8 Å². The fourth-order valence-corrected chi connectivity index (χ4v) is 1.18. The molecule has 1 aromatic rings. The second-order valence-corrected chi connectivity index (χ2v) is 3.16. The highest BCUT2D eigenvalue weighted by Crippen LogP contribution is 2.01. The maximum atomic E-state index is 4.94. The van der Waals surface area contributed by atoms with Gasteiger partial charge in [-0.2, -0.15) is 0 Å². The summed E-state index contributed by atoms with van der Waals surface area (Å²) in [7, 11) is 0. The Labute approximate surface area is 71.3 Å². The first-order valence-corrected chi connectivity index (χ1v) is 4.21. The molecule has 66 valence electrons. The summed E-state index contributed by atoms with van der Waals surface area (Å²) in [5, 5.41) is 10.4. The van der Waals surface area contributed by atoms with Crippen molar-refractivity contribution >= 4 is 0 Å². The molecule has 2 heterocycles. The first-order chi connectivity index (χ1) is 5.84. The average Bonchev–Trinajstić information content (AvgIpc) is 2.32. The van der Waals surface area contributed by atoms with Gasteiger partial charge in [0.2, 0.25) is 0 Å². The van der Waals surface area contributed by atoms with Crippen molar-refractivity contribution in [3.8, 4) is 0 Å². The molecule has 0 atom stereocenters. The first-order valence-electron chi connectivity index (χ1n) is 4.21. The number of nitrogens with zero attached hydrogens (tertiary/aromatic N) is 1. The summed E-state index contributed by atoms with van der Waals surface area (Å²) in [6, 6.07) is 2.57. The topological polar surface area (TPSA) is 50.1 Å². The van der Waals surface area contributed by atoms with Gasteiger partial charge in [-0.05, 0) is 6.92 Å². The molecule has 0 bridgehead atoms. The van der Waals surface area contributed by atoms with Gasteiger partial charge in [0.25, 0.3) is 0 Å². The predicted octanol–water partition coefficient (Wildman–Crippen LogP) is 0.0444. The molecular weight excluding hydrogens is 154 g/mol. The van der Waals surface area contributed by atoms with Crippen LogP contribution in [-0.4, -0.2) is 24.3 Å². The molecule has 4 nitrogen and oxygen atoms in total. The van der Waals surface area contributed by atoms with Crippen LogP contribution in [0.15, 0.2) is 10.6 Å². The van der Waals surface area contributed by atoms with Crippen LogP contribution in [0, 0.1) is 6.92 Å². The van der Waals surface area contributed by atoms with E-state index in [2.05, 4.69) is 15.8 Å². The van der Waals surface area contributed by atoms with E-state index in [-0.39, 0.29) is 0 Å².